The van der Waals surface area contributed by atoms with Gasteiger partial charge in [-0.15, -0.1) is 0 Å². The molecule has 0 bridgehead atoms. The molecule has 1 heterocycles. The quantitative estimate of drug-likeness (QED) is 0.435. The molecule has 2 aromatic carbocycles. The van der Waals surface area contributed by atoms with E-state index in [4.69, 9.17) is 0 Å². The van der Waals surface area contributed by atoms with Crippen LogP contribution in [0.15, 0.2) is 53.7 Å². The van der Waals surface area contributed by atoms with E-state index in [1.807, 2.05) is 0 Å². The predicted octanol–water partition coefficient (Wildman–Crippen LogP) is 2.63. The van der Waals surface area contributed by atoms with E-state index < -0.39 is 32.3 Å². The van der Waals surface area contributed by atoms with Gasteiger partial charge in [0, 0.05) is 0 Å². The number of hydrogen-bond donors (Lipinski definition) is 0. The first-order valence-corrected chi connectivity index (χ1v) is 10.9. The molecule has 146 valence electrons. The third-order valence-electron chi connectivity index (χ3n) is 3.94. The van der Waals surface area contributed by atoms with Gasteiger partial charge in [-0.2, -0.15) is 13.2 Å². The number of hydrogen-bond acceptors (Lipinski definition) is 4. The third kappa shape index (κ3) is 4.25. The minimum atomic E-state index is -4.70. The topological polar surface area (TPSA) is 59.9 Å². The molecule has 1 aromatic heterocycles. The Bertz CT molecular complexity index is 1150. The summed E-state index contributed by atoms with van der Waals surface area (Å²) < 4.78 is 78.3. The van der Waals surface area contributed by atoms with Crippen LogP contribution in [0, 0.1) is 5.82 Å². The molecule has 1 unspecified atom stereocenters. The zero-order chi connectivity index (χ0) is 20.7. The van der Waals surface area contributed by atoms with Crippen LogP contribution in [0.4, 0.5) is 17.6 Å². The monoisotopic (exact) mass is 472 g/mol. The van der Waals surface area contributed by atoms with Crippen LogP contribution >= 0.6 is 0 Å². The first-order chi connectivity index (χ1) is 13.0. The fourth-order valence-corrected chi connectivity index (χ4v) is 3.85. The van der Waals surface area contributed by atoms with Crippen LogP contribution in [0.2, 0.25) is 0 Å². The van der Waals surface area contributed by atoms with Crippen LogP contribution in [0.1, 0.15) is 5.56 Å². The summed E-state index contributed by atoms with van der Waals surface area (Å²) >= 11 is 1.27. The van der Waals surface area contributed by atoms with Crippen LogP contribution in [0.3, 0.4) is 0 Å². The fourth-order valence-electron chi connectivity index (χ4n) is 2.61. The molecule has 0 radical (unpaired) electrons. The Hall–Kier alpha value is -2.25. The molecule has 0 saturated heterocycles. The molecular formula is C18H13AsF4N2O2S. The van der Waals surface area contributed by atoms with Crippen LogP contribution in [-0.4, -0.2) is 41.5 Å². The molecule has 28 heavy (non-hydrogen) atoms. The van der Waals surface area contributed by atoms with E-state index in [0.29, 0.717) is 11.8 Å². The summed E-state index contributed by atoms with van der Waals surface area (Å²) in [5.41, 5.74) is -0.527. The van der Waals surface area contributed by atoms with Gasteiger partial charge >= 0.3 is 154 Å². The van der Waals surface area contributed by atoms with Crippen molar-refractivity contribution in [3.8, 4) is 22.4 Å². The van der Waals surface area contributed by atoms with Gasteiger partial charge in [0.1, 0.15) is 0 Å². The maximum absolute atomic E-state index is 14.6. The van der Waals surface area contributed by atoms with Crippen LogP contribution in [-0.2, 0) is 16.0 Å². The summed E-state index contributed by atoms with van der Waals surface area (Å²) in [5.74, 6) is -0.694. The molecule has 0 spiro atoms. The summed E-state index contributed by atoms with van der Waals surface area (Å²) in [5, 5.41) is 0. The van der Waals surface area contributed by atoms with Crippen molar-refractivity contribution in [1.29, 1.82) is 0 Å². The van der Waals surface area contributed by atoms with Gasteiger partial charge in [-0.3, -0.25) is 0 Å². The van der Waals surface area contributed by atoms with E-state index in [0.717, 1.165) is 28.9 Å². The van der Waals surface area contributed by atoms with Gasteiger partial charge in [0.2, 0.25) is 0 Å². The van der Waals surface area contributed by atoms with Crippen molar-refractivity contribution < 1.29 is 26.0 Å². The number of rotatable bonds is 3. The van der Waals surface area contributed by atoms with E-state index in [1.165, 1.54) is 41.4 Å². The average molecular weight is 472 g/mol. The maximum atomic E-state index is 14.6. The van der Waals surface area contributed by atoms with E-state index >= 15 is 0 Å². The van der Waals surface area contributed by atoms with Gasteiger partial charge < -0.3 is 0 Å². The Morgan fingerprint density at radius 3 is 2.18 bits per heavy atom. The molecule has 0 saturated carbocycles. The van der Waals surface area contributed by atoms with E-state index in [1.54, 1.807) is 0 Å². The zero-order valence-electron chi connectivity index (χ0n) is 14.3. The van der Waals surface area contributed by atoms with Crippen LogP contribution in [0.25, 0.3) is 22.4 Å². The van der Waals surface area contributed by atoms with Gasteiger partial charge in [-0.05, 0) is 0 Å². The van der Waals surface area contributed by atoms with Crippen LogP contribution < -0.4 is 4.48 Å². The number of benzene rings is 2. The molecule has 0 fully saturated rings. The number of nitrogens with zero attached hydrogens (tertiary/aromatic N) is 2. The Kier molecular flexibility index (Phi) is 5.33. The molecule has 0 aliphatic rings. The van der Waals surface area contributed by atoms with E-state index in [2.05, 4.69) is 9.97 Å². The van der Waals surface area contributed by atoms with E-state index in [9.17, 15) is 26.0 Å². The molecule has 3 rings (SSSR count). The first kappa shape index (κ1) is 20.5. The van der Waals surface area contributed by atoms with Gasteiger partial charge in [-0.1, -0.05) is 0 Å². The van der Waals surface area contributed by atoms with Gasteiger partial charge in [-0.25, -0.2) is 0 Å². The first-order valence-electron chi connectivity index (χ1n) is 7.76. The fraction of sp³-hybridized carbons (Fsp3) is 0.111. The van der Waals surface area contributed by atoms with Gasteiger partial charge in [0.05, 0.1) is 0 Å². The van der Waals surface area contributed by atoms with Gasteiger partial charge in [0.25, 0.3) is 0 Å². The molecule has 10 heteroatoms. The zero-order valence-corrected chi connectivity index (χ0v) is 17.6. The molecule has 4 nitrogen and oxygen atoms in total. The standard InChI is InChI=1S/C18H13AsF4N2O2S/c1-28(26,27)16-7-11(18(21,22)23)3-5-12(16)10-2-4-13(14(20)6-10)15-8-25-17(19)9-24-15/h2-9H,19H2,1H3. The van der Waals surface area contributed by atoms with Crippen LogP contribution in [0.5, 0.6) is 0 Å². The summed E-state index contributed by atoms with van der Waals surface area (Å²) in [7, 11) is -3.99. The number of aromatic nitrogens is 2. The Balaban J connectivity index is 2.13. The molecule has 1 atom stereocenters. The Labute approximate surface area is 167 Å². The van der Waals surface area contributed by atoms with E-state index in [-0.39, 0.29) is 16.7 Å². The Morgan fingerprint density at radius 1 is 0.964 bits per heavy atom. The van der Waals surface area contributed by atoms with Crippen molar-refractivity contribution in [2.45, 2.75) is 11.1 Å². The molecule has 0 aliphatic carbocycles. The molecular weight excluding hydrogens is 459 g/mol. The predicted molar refractivity (Wildman–Crippen MR) is 99.2 cm³/mol. The average Bonchev–Trinajstić information content (AvgIpc) is 2.60. The molecule has 0 N–H and O–H groups in total. The third-order valence-corrected chi connectivity index (χ3v) is 5.70. The van der Waals surface area contributed by atoms with Crippen molar-refractivity contribution in [3.63, 3.8) is 0 Å². The molecule has 3 aromatic rings. The normalized spacial score (nSPS) is 12.2. The summed E-state index contributed by atoms with van der Waals surface area (Å²) in [6, 6.07) is 6.24. The van der Waals surface area contributed by atoms with Crippen molar-refractivity contribution in [2.24, 2.45) is 0 Å². The SMILES string of the molecule is CS(=O)(=O)c1cc(C(F)(F)F)ccc1-c1ccc(-c2cnc([AsH2])cn2)c(F)c1. The molecule has 0 aliphatic heterocycles. The van der Waals surface area contributed by atoms with Crippen molar-refractivity contribution in [3.05, 3.63) is 60.2 Å². The summed E-state index contributed by atoms with van der Waals surface area (Å²) in [4.78, 5) is 7.65. The van der Waals surface area contributed by atoms with Gasteiger partial charge in [0.15, 0.2) is 0 Å². The summed E-state index contributed by atoms with van der Waals surface area (Å²) in [6.07, 6.45) is -0.978. The second-order valence-electron chi connectivity index (χ2n) is 6.00. The number of sulfone groups is 1. The Morgan fingerprint density at radius 2 is 1.64 bits per heavy atom. The summed E-state index contributed by atoms with van der Waals surface area (Å²) in [6.45, 7) is 0. The van der Waals surface area contributed by atoms with Crippen molar-refractivity contribution in [1.82, 2.24) is 9.97 Å². The second kappa shape index (κ2) is 7.29. The molecule has 0 amide bonds. The minimum absolute atomic E-state index is 0.0151. The van der Waals surface area contributed by atoms with Crippen molar-refractivity contribution >= 4 is 31.2 Å². The second-order valence-corrected chi connectivity index (χ2v) is 9.23. The number of halogens is 4. The van der Waals surface area contributed by atoms with Crippen molar-refractivity contribution in [2.75, 3.05) is 6.26 Å². The number of alkyl halides is 3.